The molecule has 1 aromatic heterocycles. The zero-order valence-corrected chi connectivity index (χ0v) is 17.4. The van der Waals surface area contributed by atoms with Crippen molar-refractivity contribution in [1.82, 2.24) is 15.6 Å². The Morgan fingerprint density at radius 2 is 2.04 bits per heavy atom. The van der Waals surface area contributed by atoms with Crippen molar-refractivity contribution < 1.29 is 5.11 Å². The summed E-state index contributed by atoms with van der Waals surface area (Å²) in [5.41, 5.74) is 1.22. The quantitative estimate of drug-likeness (QED) is 0.414. The van der Waals surface area contributed by atoms with Gasteiger partial charge in [-0.3, -0.25) is 4.99 Å². The molecule has 1 atom stereocenters. The maximum absolute atomic E-state index is 9.24. The topological polar surface area (TPSA) is 69.5 Å². The molecular formula is C19H36N4OS. The van der Waals surface area contributed by atoms with E-state index in [9.17, 15) is 5.11 Å². The Labute approximate surface area is 157 Å². The summed E-state index contributed by atoms with van der Waals surface area (Å²) in [5.74, 6) is 1.93. The van der Waals surface area contributed by atoms with Crippen LogP contribution in [-0.2, 0) is 12.8 Å². The molecule has 0 aromatic carbocycles. The summed E-state index contributed by atoms with van der Waals surface area (Å²) >= 11 is 1.80. The van der Waals surface area contributed by atoms with Crippen LogP contribution in [0.3, 0.4) is 0 Å². The maximum Gasteiger partial charge on any atom is 0.191 e. The first-order valence-electron chi connectivity index (χ1n) is 9.58. The summed E-state index contributed by atoms with van der Waals surface area (Å²) < 4.78 is 0. The van der Waals surface area contributed by atoms with Crippen molar-refractivity contribution in [1.29, 1.82) is 0 Å². The van der Waals surface area contributed by atoms with Gasteiger partial charge in [-0.05, 0) is 44.9 Å². The summed E-state index contributed by atoms with van der Waals surface area (Å²) in [7, 11) is 0. The van der Waals surface area contributed by atoms with E-state index in [2.05, 4.69) is 45.3 Å². The minimum absolute atomic E-state index is 0.236. The van der Waals surface area contributed by atoms with E-state index in [1.165, 1.54) is 15.6 Å². The van der Waals surface area contributed by atoms with Gasteiger partial charge < -0.3 is 15.7 Å². The highest BCUT2D eigenvalue weighted by Gasteiger charge is 2.11. The fraction of sp³-hybridized carbons (Fsp3) is 0.789. The van der Waals surface area contributed by atoms with Crippen LogP contribution in [0.2, 0.25) is 0 Å². The Hall–Kier alpha value is -1.14. The van der Waals surface area contributed by atoms with E-state index in [-0.39, 0.29) is 6.61 Å². The third kappa shape index (κ3) is 8.68. The van der Waals surface area contributed by atoms with Crippen molar-refractivity contribution in [2.75, 3.05) is 26.2 Å². The fourth-order valence-corrected chi connectivity index (χ4v) is 3.93. The molecule has 6 heteroatoms. The number of aliphatic imine (C=N–C) groups is 1. The van der Waals surface area contributed by atoms with E-state index in [1.807, 2.05) is 0 Å². The van der Waals surface area contributed by atoms with Crippen LogP contribution in [0, 0.1) is 18.8 Å². The maximum atomic E-state index is 9.24. The summed E-state index contributed by atoms with van der Waals surface area (Å²) in [5, 5.41) is 17.2. The zero-order valence-electron chi connectivity index (χ0n) is 16.6. The first-order chi connectivity index (χ1) is 12.0. The molecule has 0 saturated heterocycles. The second kappa shape index (κ2) is 12.3. The molecule has 0 amide bonds. The van der Waals surface area contributed by atoms with Crippen LogP contribution >= 0.6 is 11.3 Å². The van der Waals surface area contributed by atoms with Crippen molar-refractivity contribution in [3.63, 3.8) is 0 Å². The highest BCUT2D eigenvalue weighted by atomic mass is 32.1. The predicted octanol–water partition coefficient (Wildman–Crippen LogP) is 3.16. The third-order valence-electron chi connectivity index (χ3n) is 4.10. The summed E-state index contributed by atoms with van der Waals surface area (Å²) in [4.78, 5) is 10.7. The molecule has 144 valence electrons. The molecule has 0 spiro atoms. The summed E-state index contributed by atoms with van der Waals surface area (Å²) in [6, 6.07) is 0. The van der Waals surface area contributed by atoms with Crippen LogP contribution in [0.15, 0.2) is 4.99 Å². The molecule has 0 fully saturated rings. The minimum Gasteiger partial charge on any atom is -0.396 e. The number of aryl methyl sites for hydroxylation is 2. The summed E-state index contributed by atoms with van der Waals surface area (Å²) in [6.07, 6.45) is 3.84. The Bertz CT molecular complexity index is 514. The normalized spacial score (nSPS) is 13.3. The zero-order chi connectivity index (χ0) is 18.7. The van der Waals surface area contributed by atoms with Gasteiger partial charge in [-0.25, -0.2) is 4.98 Å². The molecule has 0 aliphatic rings. The average Bonchev–Trinajstić information content (AvgIpc) is 2.92. The number of guanidine groups is 1. The number of nitrogens with one attached hydrogen (secondary N) is 2. The third-order valence-corrected chi connectivity index (χ3v) is 5.17. The van der Waals surface area contributed by atoms with Gasteiger partial charge in [-0.15, -0.1) is 11.3 Å². The van der Waals surface area contributed by atoms with Gasteiger partial charge >= 0.3 is 0 Å². The van der Waals surface area contributed by atoms with Crippen molar-refractivity contribution in [3.05, 3.63) is 15.6 Å². The highest BCUT2D eigenvalue weighted by Crippen LogP contribution is 2.18. The molecule has 0 saturated carbocycles. The number of hydrogen-bond donors (Lipinski definition) is 3. The van der Waals surface area contributed by atoms with Crippen molar-refractivity contribution in [3.8, 4) is 0 Å². The smallest absolute Gasteiger partial charge is 0.191 e. The lowest BCUT2D eigenvalue weighted by Crippen LogP contribution is -2.38. The molecule has 3 N–H and O–H groups in total. The van der Waals surface area contributed by atoms with Crippen LogP contribution in [0.4, 0.5) is 0 Å². The Kier molecular flexibility index (Phi) is 10.7. The van der Waals surface area contributed by atoms with E-state index in [1.54, 1.807) is 11.3 Å². The second-order valence-corrected chi connectivity index (χ2v) is 8.16. The number of rotatable bonds is 11. The molecule has 25 heavy (non-hydrogen) atoms. The number of aliphatic hydroxyl groups is 1. The van der Waals surface area contributed by atoms with Gasteiger partial charge in [0, 0.05) is 37.5 Å². The molecule has 0 aliphatic carbocycles. The lowest BCUT2D eigenvalue weighted by atomic mass is 9.94. The van der Waals surface area contributed by atoms with Crippen molar-refractivity contribution >= 4 is 17.3 Å². The van der Waals surface area contributed by atoms with Gasteiger partial charge in [0.15, 0.2) is 5.96 Å². The minimum atomic E-state index is 0.236. The Morgan fingerprint density at radius 3 is 2.60 bits per heavy atom. The molecule has 1 rings (SSSR count). The lowest BCUT2D eigenvalue weighted by molar-refractivity contribution is 0.245. The lowest BCUT2D eigenvalue weighted by Gasteiger charge is -2.17. The summed E-state index contributed by atoms with van der Waals surface area (Å²) in [6.45, 7) is 13.5. The number of aliphatic hydroxyl groups excluding tert-OH is 1. The van der Waals surface area contributed by atoms with Crippen LogP contribution in [0.25, 0.3) is 0 Å². The van der Waals surface area contributed by atoms with Crippen molar-refractivity contribution in [2.24, 2.45) is 16.8 Å². The van der Waals surface area contributed by atoms with Gasteiger partial charge in [-0.1, -0.05) is 20.8 Å². The van der Waals surface area contributed by atoms with Gasteiger partial charge in [0.2, 0.25) is 0 Å². The molecule has 1 aromatic rings. The first kappa shape index (κ1) is 21.9. The van der Waals surface area contributed by atoms with E-state index in [4.69, 9.17) is 9.98 Å². The molecule has 0 aliphatic heterocycles. The van der Waals surface area contributed by atoms with Gasteiger partial charge in [0.25, 0.3) is 0 Å². The molecular weight excluding hydrogens is 332 g/mol. The standard InChI is InChI=1S/C19H36N4OS/c1-6-17-15(5)25-18(23-17)8-10-21-19(20-7-2)22-13-16(9-11-24)12-14(3)4/h14,16,24H,6-13H2,1-5H3,(H2,20,21,22). The monoisotopic (exact) mass is 368 g/mol. The SMILES string of the molecule is CCNC(=NCC(CCO)CC(C)C)NCCc1nc(CC)c(C)s1. The van der Waals surface area contributed by atoms with Crippen LogP contribution in [0.5, 0.6) is 0 Å². The van der Waals surface area contributed by atoms with Crippen molar-refractivity contribution in [2.45, 2.75) is 60.3 Å². The Morgan fingerprint density at radius 1 is 1.28 bits per heavy atom. The van der Waals surface area contributed by atoms with Crippen LogP contribution in [0.1, 0.15) is 56.1 Å². The molecule has 0 bridgehead atoms. The number of thiazole rings is 1. The Balaban J connectivity index is 2.53. The van der Waals surface area contributed by atoms with Crippen LogP contribution in [-0.4, -0.2) is 42.3 Å². The molecule has 1 unspecified atom stereocenters. The molecule has 1 heterocycles. The van der Waals surface area contributed by atoms with Crippen LogP contribution < -0.4 is 10.6 Å². The largest absolute Gasteiger partial charge is 0.396 e. The number of hydrogen-bond acceptors (Lipinski definition) is 4. The molecule has 0 radical (unpaired) electrons. The number of aromatic nitrogens is 1. The van der Waals surface area contributed by atoms with E-state index in [0.717, 1.165) is 51.3 Å². The fourth-order valence-electron chi connectivity index (χ4n) is 2.91. The van der Waals surface area contributed by atoms with E-state index >= 15 is 0 Å². The van der Waals surface area contributed by atoms with E-state index < -0.39 is 0 Å². The van der Waals surface area contributed by atoms with Gasteiger partial charge in [0.1, 0.15) is 0 Å². The first-order valence-corrected chi connectivity index (χ1v) is 10.4. The average molecular weight is 369 g/mol. The number of nitrogens with zero attached hydrogens (tertiary/aromatic N) is 2. The van der Waals surface area contributed by atoms with Gasteiger partial charge in [-0.2, -0.15) is 0 Å². The predicted molar refractivity (Wildman–Crippen MR) is 109 cm³/mol. The molecule has 5 nitrogen and oxygen atoms in total. The second-order valence-electron chi connectivity index (χ2n) is 6.87. The highest BCUT2D eigenvalue weighted by molar-refractivity contribution is 7.11. The van der Waals surface area contributed by atoms with E-state index in [0.29, 0.717) is 11.8 Å². The van der Waals surface area contributed by atoms with Gasteiger partial charge in [0.05, 0.1) is 10.7 Å².